The van der Waals surface area contributed by atoms with E-state index in [1.165, 1.54) is 6.92 Å². The number of carbonyl (C=O) groups is 1. The molecule has 2 bridgehead atoms. The number of rotatable bonds is 5. The van der Waals surface area contributed by atoms with Gasteiger partial charge in [0.15, 0.2) is 5.82 Å². The van der Waals surface area contributed by atoms with Crippen LogP contribution in [0.15, 0.2) is 12.1 Å². The molecule has 2 N–H and O–H groups in total. The SMILES string of the molecule is Cc1cc(N)cc(-c2nc3c4c(nc(OCC5(C(F)F)COC5)nc4c2F)N2C[C@H]4CC[C@@H]([C@H]2CCO3)N4C(=O)OC(C)(C)C)c1C(F)(F)F. The number of pyridine rings is 1. The molecule has 50 heavy (non-hydrogen) atoms. The first-order valence-electron chi connectivity index (χ1n) is 16.3. The number of aryl methyl sites for hydroxylation is 1. The Labute approximate surface area is 283 Å². The second-order valence-corrected chi connectivity index (χ2v) is 14.4. The molecule has 3 fully saturated rings. The molecular formula is C33H36F6N6O5. The average molecular weight is 711 g/mol. The second-order valence-electron chi connectivity index (χ2n) is 14.4. The van der Waals surface area contributed by atoms with E-state index in [0.29, 0.717) is 19.3 Å². The molecule has 1 aromatic carbocycles. The van der Waals surface area contributed by atoms with Crippen molar-refractivity contribution in [2.45, 2.75) is 83.3 Å². The molecule has 0 spiro atoms. The Bertz CT molecular complexity index is 1850. The van der Waals surface area contributed by atoms with Crippen LogP contribution in [0, 0.1) is 18.2 Å². The van der Waals surface area contributed by atoms with Crippen LogP contribution in [0.3, 0.4) is 0 Å². The first-order chi connectivity index (χ1) is 23.5. The highest BCUT2D eigenvalue weighted by atomic mass is 19.4. The molecule has 270 valence electrons. The maximum Gasteiger partial charge on any atom is 0.417 e. The number of nitrogens with two attached hydrogens (primary N) is 1. The lowest BCUT2D eigenvalue weighted by atomic mass is 9.88. The van der Waals surface area contributed by atoms with Crippen molar-refractivity contribution in [1.29, 1.82) is 0 Å². The second kappa shape index (κ2) is 11.9. The summed E-state index contributed by atoms with van der Waals surface area (Å²) in [6, 6.07) is 0.557. The number of carbonyl (C=O) groups excluding carboxylic acids is 1. The number of hydrogen-bond acceptors (Lipinski definition) is 10. The molecule has 7 rings (SSSR count). The van der Waals surface area contributed by atoms with Crippen LogP contribution in [-0.2, 0) is 15.7 Å². The van der Waals surface area contributed by atoms with Gasteiger partial charge in [0, 0.05) is 24.2 Å². The molecule has 6 heterocycles. The minimum Gasteiger partial charge on any atom is -0.477 e. The maximum atomic E-state index is 16.8. The van der Waals surface area contributed by atoms with E-state index in [4.69, 9.17) is 24.7 Å². The number of hydrogen-bond donors (Lipinski definition) is 1. The van der Waals surface area contributed by atoms with Crippen LogP contribution in [-0.4, -0.2) is 89.1 Å². The quantitative estimate of drug-likeness (QED) is 0.244. The third-order valence-electron chi connectivity index (χ3n) is 9.67. The topological polar surface area (TPSA) is 125 Å². The summed E-state index contributed by atoms with van der Waals surface area (Å²) in [7, 11) is 0. The van der Waals surface area contributed by atoms with Gasteiger partial charge in [-0.25, -0.2) is 22.9 Å². The Balaban J connectivity index is 1.40. The Morgan fingerprint density at radius 2 is 1.84 bits per heavy atom. The molecule has 0 unspecified atom stereocenters. The van der Waals surface area contributed by atoms with Gasteiger partial charge in [-0.3, -0.25) is 4.90 Å². The summed E-state index contributed by atoms with van der Waals surface area (Å²) in [4.78, 5) is 30.1. The zero-order valence-corrected chi connectivity index (χ0v) is 27.7. The van der Waals surface area contributed by atoms with Gasteiger partial charge in [-0.15, -0.1) is 0 Å². The van der Waals surface area contributed by atoms with Crippen molar-refractivity contribution in [3.05, 3.63) is 29.1 Å². The number of halogens is 6. The van der Waals surface area contributed by atoms with E-state index >= 15 is 4.39 Å². The highest BCUT2D eigenvalue weighted by Gasteiger charge is 2.52. The molecule has 3 saturated heterocycles. The fraction of sp³-hybridized carbons (Fsp3) is 0.576. The zero-order chi connectivity index (χ0) is 35.9. The number of alkyl halides is 5. The van der Waals surface area contributed by atoms with Crippen LogP contribution >= 0.6 is 0 Å². The van der Waals surface area contributed by atoms with E-state index in [-0.39, 0.29) is 66.8 Å². The number of anilines is 2. The Kier molecular flexibility index (Phi) is 8.14. The van der Waals surface area contributed by atoms with Crippen LogP contribution in [0.5, 0.6) is 11.9 Å². The van der Waals surface area contributed by atoms with Crippen molar-refractivity contribution in [3.63, 3.8) is 0 Å². The average Bonchev–Trinajstić information content (AvgIpc) is 3.30. The third kappa shape index (κ3) is 5.76. The van der Waals surface area contributed by atoms with Gasteiger partial charge in [0.25, 0.3) is 6.43 Å². The molecule has 17 heteroatoms. The predicted molar refractivity (Wildman–Crippen MR) is 168 cm³/mol. The number of amides is 1. The molecule has 1 amide bonds. The Hall–Kier alpha value is -4.28. The van der Waals surface area contributed by atoms with Gasteiger partial charge < -0.3 is 29.6 Å². The van der Waals surface area contributed by atoms with Crippen LogP contribution in [0.25, 0.3) is 22.2 Å². The monoisotopic (exact) mass is 710 g/mol. The molecule has 0 radical (unpaired) electrons. The predicted octanol–water partition coefficient (Wildman–Crippen LogP) is 6.14. The molecule has 0 saturated carbocycles. The van der Waals surface area contributed by atoms with Gasteiger partial charge in [-0.05, 0) is 58.2 Å². The molecule has 11 nitrogen and oxygen atoms in total. The normalized spacial score (nSPS) is 22.8. The van der Waals surface area contributed by atoms with Gasteiger partial charge in [-0.2, -0.15) is 23.1 Å². The number of aromatic nitrogens is 3. The fourth-order valence-corrected chi connectivity index (χ4v) is 7.39. The van der Waals surface area contributed by atoms with E-state index < -0.39 is 76.5 Å². The lowest BCUT2D eigenvalue weighted by Gasteiger charge is -2.48. The van der Waals surface area contributed by atoms with Gasteiger partial charge >= 0.3 is 18.3 Å². The zero-order valence-electron chi connectivity index (χ0n) is 27.7. The summed E-state index contributed by atoms with van der Waals surface area (Å²) in [6.07, 6.45) is -6.58. The van der Waals surface area contributed by atoms with Gasteiger partial charge in [0.1, 0.15) is 40.0 Å². The number of nitrogen functional groups attached to an aromatic ring is 1. The van der Waals surface area contributed by atoms with Crippen LogP contribution in [0.2, 0.25) is 0 Å². The summed E-state index contributed by atoms with van der Waals surface area (Å²) in [5, 5.41) is -0.0295. The van der Waals surface area contributed by atoms with Crippen molar-refractivity contribution in [3.8, 4) is 23.1 Å². The minimum absolute atomic E-state index is 0.00828. The van der Waals surface area contributed by atoms with Crippen LogP contribution in [0.4, 0.5) is 42.6 Å². The molecule has 2 aromatic heterocycles. The highest BCUT2D eigenvalue weighted by molar-refractivity contribution is 5.97. The Morgan fingerprint density at radius 3 is 2.48 bits per heavy atom. The van der Waals surface area contributed by atoms with E-state index in [2.05, 4.69) is 15.0 Å². The number of nitrogens with zero attached hydrogens (tertiary/aromatic N) is 5. The lowest BCUT2D eigenvalue weighted by Crippen LogP contribution is -2.62. The molecule has 4 aliphatic heterocycles. The summed E-state index contributed by atoms with van der Waals surface area (Å²) in [5.74, 6) is -1.36. The fourth-order valence-electron chi connectivity index (χ4n) is 7.39. The standard InChI is InChI=1S/C33H36F6N6O5/c1-15-9-16(40)10-18(22(15)33(37,38)39)24-23(34)25-21-26(43-29(42-25)49-14-32(28(35)36)12-47-13-32)44-11-17-5-6-20(19(44)7-8-48-27(21)41-24)45(17)30(46)50-31(2,3)4/h9-10,17,19-20,28H,5-8,11-14,40H2,1-4H3/t17-,19-,20+/m1/s1. The van der Waals surface area contributed by atoms with Crippen molar-refractivity contribution in [2.75, 3.05) is 43.6 Å². The van der Waals surface area contributed by atoms with Crippen LogP contribution < -0.4 is 20.1 Å². The maximum absolute atomic E-state index is 16.8. The third-order valence-corrected chi connectivity index (χ3v) is 9.67. The van der Waals surface area contributed by atoms with Crippen LogP contribution in [0.1, 0.15) is 51.2 Å². The van der Waals surface area contributed by atoms with Crippen molar-refractivity contribution in [1.82, 2.24) is 19.9 Å². The Morgan fingerprint density at radius 1 is 1.10 bits per heavy atom. The van der Waals surface area contributed by atoms with E-state index in [1.807, 2.05) is 4.90 Å². The van der Waals surface area contributed by atoms with Gasteiger partial charge in [0.2, 0.25) is 5.88 Å². The van der Waals surface area contributed by atoms with Crippen molar-refractivity contribution in [2.24, 2.45) is 5.41 Å². The smallest absolute Gasteiger partial charge is 0.417 e. The van der Waals surface area contributed by atoms with E-state index in [9.17, 15) is 26.7 Å². The largest absolute Gasteiger partial charge is 0.477 e. The highest BCUT2D eigenvalue weighted by Crippen LogP contribution is 2.47. The summed E-state index contributed by atoms with van der Waals surface area (Å²) in [5.41, 5.74) is 0.311. The first-order valence-corrected chi connectivity index (χ1v) is 16.3. The number of ether oxygens (including phenoxy) is 4. The number of fused-ring (bicyclic) bond motifs is 5. The summed E-state index contributed by atoms with van der Waals surface area (Å²) >= 11 is 0. The number of piperazine rings is 1. The van der Waals surface area contributed by atoms with Crippen molar-refractivity contribution >= 4 is 28.5 Å². The van der Waals surface area contributed by atoms with Gasteiger partial charge in [-0.1, -0.05) is 0 Å². The number of benzene rings is 1. The van der Waals surface area contributed by atoms with Gasteiger partial charge in [0.05, 0.1) is 43.5 Å². The minimum atomic E-state index is -4.90. The lowest BCUT2D eigenvalue weighted by molar-refractivity contribution is -0.199. The van der Waals surface area contributed by atoms with Crippen molar-refractivity contribution < 1.29 is 50.1 Å². The summed E-state index contributed by atoms with van der Waals surface area (Å²) in [6.45, 7) is 5.64. The van der Waals surface area contributed by atoms with E-state index in [1.54, 1.807) is 25.7 Å². The summed E-state index contributed by atoms with van der Waals surface area (Å²) < 4.78 is 110. The van der Waals surface area contributed by atoms with E-state index in [0.717, 1.165) is 12.1 Å². The first kappa shape index (κ1) is 34.2. The molecular weight excluding hydrogens is 674 g/mol. The molecule has 3 aromatic rings. The molecule has 0 aliphatic carbocycles. The molecule has 3 atom stereocenters. The molecule has 4 aliphatic rings.